The first kappa shape index (κ1) is 11.2. The average Bonchev–Trinajstić information content (AvgIpc) is 2.19. The van der Waals surface area contributed by atoms with Crippen LogP contribution in [0.5, 0.6) is 0 Å². The molecule has 3 rings (SSSR count). The minimum absolute atomic E-state index is 0.112. The standard InChI is InChI=1S/C14H19FN2/c15-12-4-1-3-11(7-12)14(5-2-6-14)10-17-13-8-16-9-13/h1,3-4,7,13,16-17H,2,5-6,8-10H2. The first-order valence-electron chi connectivity index (χ1n) is 6.49. The zero-order chi connectivity index (χ0) is 11.7. The highest BCUT2D eigenvalue weighted by atomic mass is 19.1. The summed E-state index contributed by atoms with van der Waals surface area (Å²) in [4.78, 5) is 0. The predicted octanol–water partition coefficient (Wildman–Crippen LogP) is 1.81. The summed E-state index contributed by atoms with van der Waals surface area (Å²) in [7, 11) is 0. The molecule has 1 aromatic rings. The second-order valence-electron chi connectivity index (χ2n) is 5.38. The minimum atomic E-state index is -0.112. The lowest BCUT2D eigenvalue weighted by molar-refractivity contribution is 0.212. The van der Waals surface area contributed by atoms with Crippen molar-refractivity contribution in [2.24, 2.45) is 0 Å². The molecular weight excluding hydrogens is 215 g/mol. The molecule has 3 heteroatoms. The monoisotopic (exact) mass is 234 g/mol. The van der Waals surface area contributed by atoms with E-state index in [0.29, 0.717) is 6.04 Å². The molecule has 2 aliphatic rings. The van der Waals surface area contributed by atoms with E-state index in [4.69, 9.17) is 0 Å². The fourth-order valence-corrected chi connectivity index (χ4v) is 2.76. The van der Waals surface area contributed by atoms with Gasteiger partial charge in [-0.05, 0) is 30.5 Å². The molecule has 2 fully saturated rings. The second-order valence-corrected chi connectivity index (χ2v) is 5.38. The van der Waals surface area contributed by atoms with Crippen molar-refractivity contribution >= 4 is 0 Å². The highest BCUT2D eigenvalue weighted by molar-refractivity contribution is 5.29. The lowest BCUT2D eigenvalue weighted by Crippen LogP contribution is -2.58. The van der Waals surface area contributed by atoms with Gasteiger partial charge in [-0.3, -0.25) is 0 Å². The van der Waals surface area contributed by atoms with Crippen LogP contribution in [-0.4, -0.2) is 25.7 Å². The van der Waals surface area contributed by atoms with Gasteiger partial charge in [0, 0.05) is 31.1 Å². The smallest absolute Gasteiger partial charge is 0.123 e. The Balaban J connectivity index is 1.71. The molecule has 0 unspecified atom stereocenters. The molecule has 2 N–H and O–H groups in total. The maximum Gasteiger partial charge on any atom is 0.123 e. The van der Waals surface area contributed by atoms with Crippen molar-refractivity contribution < 1.29 is 4.39 Å². The Morgan fingerprint density at radius 1 is 1.35 bits per heavy atom. The first-order valence-corrected chi connectivity index (χ1v) is 6.49. The summed E-state index contributed by atoms with van der Waals surface area (Å²) in [6.45, 7) is 3.13. The van der Waals surface area contributed by atoms with Crippen molar-refractivity contribution in [1.29, 1.82) is 0 Å². The Bertz CT molecular complexity index is 397. The molecule has 1 aromatic carbocycles. The fourth-order valence-electron chi connectivity index (χ4n) is 2.76. The summed E-state index contributed by atoms with van der Waals surface area (Å²) in [5.74, 6) is -0.112. The van der Waals surface area contributed by atoms with E-state index in [2.05, 4.69) is 16.7 Å². The molecule has 1 aliphatic heterocycles. The lowest BCUT2D eigenvalue weighted by Gasteiger charge is -2.44. The van der Waals surface area contributed by atoms with Gasteiger partial charge in [-0.1, -0.05) is 18.6 Å². The van der Waals surface area contributed by atoms with Gasteiger partial charge in [-0.15, -0.1) is 0 Å². The van der Waals surface area contributed by atoms with Crippen LogP contribution in [-0.2, 0) is 5.41 Å². The first-order chi connectivity index (χ1) is 8.28. The highest BCUT2D eigenvalue weighted by Crippen LogP contribution is 2.43. The third kappa shape index (κ3) is 2.09. The summed E-state index contributed by atoms with van der Waals surface area (Å²) >= 11 is 0. The molecule has 0 radical (unpaired) electrons. The molecule has 0 aromatic heterocycles. The van der Waals surface area contributed by atoms with Gasteiger partial charge in [0.1, 0.15) is 5.82 Å². The molecule has 17 heavy (non-hydrogen) atoms. The number of hydrogen-bond donors (Lipinski definition) is 2. The van der Waals surface area contributed by atoms with E-state index in [9.17, 15) is 4.39 Å². The maximum atomic E-state index is 13.3. The van der Waals surface area contributed by atoms with Gasteiger partial charge < -0.3 is 10.6 Å². The van der Waals surface area contributed by atoms with Gasteiger partial charge in [-0.2, -0.15) is 0 Å². The Morgan fingerprint density at radius 2 is 2.18 bits per heavy atom. The molecular formula is C14H19FN2. The van der Waals surface area contributed by atoms with Crippen LogP contribution in [0.2, 0.25) is 0 Å². The zero-order valence-electron chi connectivity index (χ0n) is 10.0. The van der Waals surface area contributed by atoms with E-state index < -0.39 is 0 Å². The normalized spacial score (nSPS) is 22.9. The van der Waals surface area contributed by atoms with Crippen LogP contribution in [0.4, 0.5) is 4.39 Å². The molecule has 0 amide bonds. The van der Waals surface area contributed by atoms with E-state index in [1.807, 2.05) is 6.07 Å². The van der Waals surface area contributed by atoms with Crippen LogP contribution in [0, 0.1) is 5.82 Å². The van der Waals surface area contributed by atoms with E-state index in [-0.39, 0.29) is 11.2 Å². The summed E-state index contributed by atoms with van der Waals surface area (Å²) in [5, 5.41) is 6.85. The van der Waals surface area contributed by atoms with Gasteiger partial charge in [-0.25, -0.2) is 4.39 Å². The maximum absolute atomic E-state index is 13.3. The summed E-state index contributed by atoms with van der Waals surface area (Å²) in [6, 6.07) is 7.75. The quantitative estimate of drug-likeness (QED) is 0.830. The molecule has 1 heterocycles. The van der Waals surface area contributed by atoms with Crippen LogP contribution in [0.25, 0.3) is 0 Å². The van der Waals surface area contributed by atoms with Gasteiger partial charge in [0.05, 0.1) is 0 Å². The molecule has 0 atom stereocenters. The number of benzene rings is 1. The van der Waals surface area contributed by atoms with Gasteiger partial charge in [0.2, 0.25) is 0 Å². The Hall–Kier alpha value is -0.930. The van der Waals surface area contributed by atoms with E-state index in [1.165, 1.54) is 30.9 Å². The lowest BCUT2D eigenvalue weighted by atomic mass is 9.64. The molecule has 92 valence electrons. The predicted molar refractivity (Wildman–Crippen MR) is 66.6 cm³/mol. The second kappa shape index (κ2) is 4.39. The van der Waals surface area contributed by atoms with Gasteiger partial charge in [0.15, 0.2) is 0 Å². The largest absolute Gasteiger partial charge is 0.314 e. The fraction of sp³-hybridized carbons (Fsp3) is 0.571. The van der Waals surface area contributed by atoms with Crippen molar-refractivity contribution in [2.75, 3.05) is 19.6 Å². The Labute approximate surface area is 102 Å². The van der Waals surface area contributed by atoms with Crippen molar-refractivity contribution in [3.8, 4) is 0 Å². The van der Waals surface area contributed by atoms with Crippen molar-refractivity contribution in [2.45, 2.75) is 30.7 Å². The van der Waals surface area contributed by atoms with Gasteiger partial charge in [0.25, 0.3) is 0 Å². The minimum Gasteiger partial charge on any atom is -0.314 e. The Morgan fingerprint density at radius 3 is 2.71 bits per heavy atom. The van der Waals surface area contributed by atoms with Gasteiger partial charge >= 0.3 is 0 Å². The van der Waals surface area contributed by atoms with Crippen molar-refractivity contribution in [1.82, 2.24) is 10.6 Å². The number of rotatable bonds is 4. The van der Waals surface area contributed by atoms with E-state index >= 15 is 0 Å². The zero-order valence-corrected chi connectivity index (χ0v) is 10.0. The molecule has 2 nitrogen and oxygen atoms in total. The molecule has 1 aliphatic carbocycles. The summed E-state index contributed by atoms with van der Waals surface area (Å²) in [6.07, 6.45) is 3.63. The molecule has 1 saturated heterocycles. The molecule has 0 bridgehead atoms. The third-order valence-corrected chi connectivity index (χ3v) is 4.26. The number of hydrogen-bond acceptors (Lipinski definition) is 2. The van der Waals surface area contributed by atoms with E-state index in [1.54, 1.807) is 6.07 Å². The van der Waals surface area contributed by atoms with E-state index in [0.717, 1.165) is 19.6 Å². The van der Waals surface area contributed by atoms with Crippen LogP contribution in [0.15, 0.2) is 24.3 Å². The number of nitrogens with one attached hydrogen (secondary N) is 2. The summed E-state index contributed by atoms with van der Waals surface area (Å²) in [5.41, 5.74) is 1.36. The summed E-state index contributed by atoms with van der Waals surface area (Å²) < 4.78 is 13.3. The third-order valence-electron chi connectivity index (χ3n) is 4.26. The van der Waals surface area contributed by atoms with Crippen molar-refractivity contribution in [3.63, 3.8) is 0 Å². The van der Waals surface area contributed by atoms with Crippen LogP contribution in [0.3, 0.4) is 0 Å². The Kier molecular flexibility index (Phi) is 2.89. The van der Waals surface area contributed by atoms with Crippen molar-refractivity contribution in [3.05, 3.63) is 35.6 Å². The van der Waals surface area contributed by atoms with Crippen LogP contribution in [0.1, 0.15) is 24.8 Å². The topological polar surface area (TPSA) is 24.1 Å². The highest BCUT2D eigenvalue weighted by Gasteiger charge is 2.39. The molecule has 1 saturated carbocycles. The number of halogens is 1. The van der Waals surface area contributed by atoms with Crippen LogP contribution >= 0.6 is 0 Å². The van der Waals surface area contributed by atoms with Crippen LogP contribution < -0.4 is 10.6 Å². The molecule has 0 spiro atoms. The SMILES string of the molecule is Fc1cccc(C2(CNC3CNC3)CCC2)c1. The average molecular weight is 234 g/mol.